The number of aromatic nitrogens is 1. The number of benzene rings is 1. The van der Waals surface area contributed by atoms with Crippen LogP contribution >= 0.6 is 33.9 Å². The van der Waals surface area contributed by atoms with E-state index in [1.807, 2.05) is 47.8 Å². The van der Waals surface area contributed by atoms with Gasteiger partial charge in [-0.25, -0.2) is 4.98 Å². The Balaban J connectivity index is 2.18. The molecule has 1 aromatic carbocycles. The fourth-order valence-electron chi connectivity index (χ4n) is 1.40. The highest BCUT2D eigenvalue weighted by Crippen LogP contribution is 2.26. The van der Waals surface area contributed by atoms with Gasteiger partial charge in [0.25, 0.3) is 0 Å². The molecule has 0 N–H and O–H groups in total. The number of nitrogens with zero attached hydrogens (tertiary/aromatic N) is 2. The zero-order chi connectivity index (χ0) is 12.1. The fraction of sp³-hybridized carbons (Fsp3) is 0.154. The molecule has 0 spiro atoms. The first-order chi connectivity index (χ1) is 8.31. The number of hydrogen-bond acceptors (Lipinski definition) is 3. The maximum atomic E-state index is 4.61. The van der Waals surface area contributed by atoms with Gasteiger partial charge in [-0.15, -0.1) is 11.3 Å². The van der Waals surface area contributed by atoms with Crippen molar-refractivity contribution < 1.29 is 0 Å². The van der Waals surface area contributed by atoms with E-state index in [4.69, 9.17) is 0 Å². The lowest BCUT2D eigenvalue weighted by molar-refractivity contribution is 1.04. The van der Waals surface area contributed by atoms with Gasteiger partial charge in [0.15, 0.2) is 5.13 Å². The molecule has 0 amide bonds. The molecule has 0 aliphatic rings. The molecule has 1 aromatic heterocycles. The molecule has 0 unspecified atom stereocenters. The van der Waals surface area contributed by atoms with Crippen molar-refractivity contribution in [1.82, 2.24) is 4.98 Å². The summed E-state index contributed by atoms with van der Waals surface area (Å²) in [7, 11) is 2.01. The second kappa shape index (κ2) is 6.03. The molecule has 0 bridgehead atoms. The molecule has 0 saturated carbocycles. The van der Waals surface area contributed by atoms with E-state index < -0.39 is 0 Å². The van der Waals surface area contributed by atoms with Crippen LogP contribution in [0.2, 0.25) is 0 Å². The Morgan fingerprint density at radius 3 is 2.82 bits per heavy atom. The van der Waals surface area contributed by atoms with Crippen LogP contribution in [0.25, 0.3) is 11.3 Å². The minimum atomic E-state index is 0.713. The lowest BCUT2D eigenvalue weighted by atomic mass is 10.2. The summed E-state index contributed by atoms with van der Waals surface area (Å²) in [6.45, 7) is 0.713. The predicted octanol–water partition coefficient (Wildman–Crippen LogP) is 3.64. The Morgan fingerprint density at radius 1 is 1.35 bits per heavy atom. The summed E-state index contributed by atoms with van der Waals surface area (Å²) in [5.41, 5.74) is 2.18. The zero-order valence-corrected chi connectivity index (χ0v) is 12.3. The Labute approximate surface area is 119 Å². The molecule has 0 saturated heterocycles. The van der Waals surface area contributed by atoms with E-state index >= 15 is 0 Å². The van der Waals surface area contributed by atoms with Crippen molar-refractivity contribution in [2.75, 3.05) is 18.5 Å². The Bertz CT molecular complexity index is 539. The average molecular weight is 354 g/mol. The molecular formula is C13H11IN2S. The summed E-state index contributed by atoms with van der Waals surface area (Å²) < 4.78 is 2.86. The predicted molar refractivity (Wildman–Crippen MR) is 82.6 cm³/mol. The summed E-state index contributed by atoms with van der Waals surface area (Å²) >= 11 is 3.70. The van der Waals surface area contributed by atoms with Crippen LogP contribution < -0.4 is 4.90 Å². The smallest absolute Gasteiger partial charge is 0.186 e. The van der Waals surface area contributed by atoms with Gasteiger partial charge >= 0.3 is 0 Å². The van der Waals surface area contributed by atoms with E-state index in [9.17, 15) is 0 Å². The third-order valence-corrected chi connectivity index (χ3v) is 3.61. The largest absolute Gasteiger partial charge is 0.340 e. The topological polar surface area (TPSA) is 16.1 Å². The van der Waals surface area contributed by atoms with Gasteiger partial charge in [-0.1, -0.05) is 36.3 Å². The SMILES string of the molecule is CN(CC#CI)c1nc(-c2ccccc2)cs1. The highest BCUT2D eigenvalue weighted by atomic mass is 127. The molecule has 2 nitrogen and oxygen atoms in total. The van der Waals surface area contributed by atoms with E-state index in [0.717, 1.165) is 16.4 Å². The summed E-state index contributed by atoms with van der Waals surface area (Å²) in [4.78, 5) is 6.67. The third kappa shape index (κ3) is 3.20. The second-order valence-electron chi connectivity index (χ2n) is 3.51. The molecule has 2 rings (SSSR count). The van der Waals surface area contributed by atoms with E-state index in [2.05, 4.69) is 37.2 Å². The number of thiazole rings is 1. The molecule has 17 heavy (non-hydrogen) atoms. The molecule has 2 aromatic rings. The van der Waals surface area contributed by atoms with E-state index in [0.29, 0.717) is 6.54 Å². The van der Waals surface area contributed by atoms with E-state index in [1.165, 1.54) is 0 Å². The summed E-state index contributed by atoms with van der Waals surface area (Å²) in [5, 5.41) is 3.08. The molecule has 1 heterocycles. The highest BCUT2D eigenvalue weighted by Gasteiger charge is 2.06. The number of rotatable bonds is 3. The quantitative estimate of drug-likeness (QED) is 0.618. The van der Waals surface area contributed by atoms with Crippen molar-refractivity contribution in [2.45, 2.75) is 0 Å². The van der Waals surface area contributed by atoms with Crippen LogP contribution in [0.4, 0.5) is 5.13 Å². The average Bonchev–Trinajstić information content (AvgIpc) is 2.86. The van der Waals surface area contributed by atoms with Crippen molar-refractivity contribution in [2.24, 2.45) is 0 Å². The van der Waals surface area contributed by atoms with Crippen LogP contribution in [0.5, 0.6) is 0 Å². The first-order valence-corrected chi connectivity index (χ1v) is 7.07. The monoisotopic (exact) mass is 354 g/mol. The van der Waals surface area contributed by atoms with Crippen LogP contribution in [0.3, 0.4) is 0 Å². The second-order valence-corrected chi connectivity index (χ2v) is 4.88. The molecule has 0 radical (unpaired) electrons. The van der Waals surface area contributed by atoms with Gasteiger partial charge in [0.1, 0.15) is 0 Å². The molecule has 0 aliphatic heterocycles. The van der Waals surface area contributed by atoms with Gasteiger partial charge in [-0.3, -0.25) is 0 Å². The molecule has 0 atom stereocenters. The van der Waals surface area contributed by atoms with Gasteiger partial charge in [-0.2, -0.15) is 0 Å². The van der Waals surface area contributed by atoms with Crippen LogP contribution in [0, 0.1) is 9.85 Å². The normalized spacial score (nSPS) is 9.53. The third-order valence-electron chi connectivity index (χ3n) is 2.27. The Morgan fingerprint density at radius 2 is 2.12 bits per heavy atom. The molecular weight excluding hydrogens is 343 g/mol. The number of halogens is 1. The van der Waals surface area contributed by atoms with Gasteiger partial charge in [0, 0.05) is 40.6 Å². The first-order valence-electron chi connectivity index (χ1n) is 5.12. The van der Waals surface area contributed by atoms with Crippen molar-refractivity contribution in [3.8, 4) is 21.1 Å². The van der Waals surface area contributed by atoms with Crippen LogP contribution in [0.1, 0.15) is 0 Å². The van der Waals surface area contributed by atoms with Crippen molar-refractivity contribution in [3.63, 3.8) is 0 Å². The van der Waals surface area contributed by atoms with E-state index in [-0.39, 0.29) is 0 Å². The number of hydrogen-bond donors (Lipinski definition) is 0. The molecule has 0 fully saturated rings. The minimum absolute atomic E-state index is 0.713. The molecule has 86 valence electrons. The summed E-state index contributed by atoms with van der Waals surface area (Å²) in [6.07, 6.45) is 0. The lowest BCUT2D eigenvalue weighted by Crippen LogP contribution is -2.16. The standard InChI is InChI=1S/C13H11IN2S/c1-16(9-5-8-14)13-15-12(10-17-13)11-6-3-2-4-7-11/h2-4,6-7,10H,9H2,1H3. The van der Waals surface area contributed by atoms with Crippen LogP contribution in [-0.2, 0) is 0 Å². The molecule has 4 heteroatoms. The van der Waals surface area contributed by atoms with Gasteiger partial charge in [0.2, 0.25) is 0 Å². The maximum Gasteiger partial charge on any atom is 0.186 e. The fourth-order valence-corrected chi connectivity index (χ4v) is 2.37. The summed E-state index contributed by atoms with van der Waals surface area (Å²) in [6, 6.07) is 10.2. The minimum Gasteiger partial charge on any atom is -0.340 e. The first kappa shape index (κ1) is 12.4. The van der Waals surface area contributed by atoms with Crippen molar-refractivity contribution in [3.05, 3.63) is 35.7 Å². The Kier molecular flexibility index (Phi) is 4.40. The summed E-state index contributed by atoms with van der Waals surface area (Å²) in [5.74, 6) is 3.02. The van der Waals surface area contributed by atoms with E-state index in [1.54, 1.807) is 11.3 Å². The lowest BCUT2D eigenvalue weighted by Gasteiger charge is -2.10. The van der Waals surface area contributed by atoms with Crippen molar-refractivity contribution in [1.29, 1.82) is 0 Å². The van der Waals surface area contributed by atoms with Crippen LogP contribution in [-0.4, -0.2) is 18.6 Å². The van der Waals surface area contributed by atoms with Crippen LogP contribution in [0.15, 0.2) is 35.7 Å². The number of anilines is 1. The van der Waals surface area contributed by atoms with Crippen molar-refractivity contribution >= 4 is 39.1 Å². The maximum absolute atomic E-state index is 4.61. The van der Waals surface area contributed by atoms with Gasteiger partial charge in [0.05, 0.1) is 12.2 Å². The van der Waals surface area contributed by atoms with Gasteiger partial charge < -0.3 is 4.90 Å². The zero-order valence-electron chi connectivity index (χ0n) is 9.35. The molecule has 0 aliphatic carbocycles. The van der Waals surface area contributed by atoms with Gasteiger partial charge in [-0.05, 0) is 3.93 Å². The Hall–Kier alpha value is -1.06. The highest BCUT2D eigenvalue weighted by molar-refractivity contribution is 14.1.